The highest BCUT2D eigenvalue weighted by molar-refractivity contribution is 7.51. The van der Waals surface area contributed by atoms with Crippen molar-refractivity contribution in [2.45, 2.75) is 122 Å². The molecule has 0 spiro atoms. The van der Waals surface area contributed by atoms with Crippen molar-refractivity contribution in [3.63, 3.8) is 0 Å². The molecule has 0 saturated heterocycles. The summed E-state index contributed by atoms with van der Waals surface area (Å²) in [4.78, 5) is 9.02. The Morgan fingerprint density at radius 2 is 1.21 bits per heavy atom. The van der Waals surface area contributed by atoms with E-state index >= 15 is 0 Å². The van der Waals surface area contributed by atoms with Gasteiger partial charge in [-0.25, -0.2) is 0 Å². The third-order valence-corrected chi connectivity index (χ3v) is 5.67. The van der Waals surface area contributed by atoms with Crippen LogP contribution in [0.2, 0.25) is 0 Å². The maximum Gasteiger partial charge on any atom is 0.325 e. The largest absolute Gasteiger partial charge is 0.388 e. The fourth-order valence-corrected chi connectivity index (χ4v) is 3.71. The predicted molar refractivity (Wildman–Crippen MR) is 118 cm³/mol. The van der Waals surface area contributed by atoms with Crippen LogP contribution in [0.3, 0.4) is 0 Å². The van der Waals surface area contributed by atoms with Crippen LogP contribution in [0.15, 0.2) is 0 Å². The summed E-state index contributed by atoms with van der Waals surface area (Å²) in [6, 6.07) is 0. The van der Waals surface area contributed by atoms with Gasteiger partial charge in [-0.2, -0.15) is 0 Å². The first-order chi connectivity index (χ1) is 13.3. The molecule has 0 aliphatic heterocycles. The van der Waals surface area contributed by atoms with Gasteiger partial charge in [0.05, 0.1) is 19.3 Å². The van der Waals surface area contributed by atoms with Crippen LogP contribution in [0.25, 0.3) is 0 Å². The van der Waals surface area contributed by atoms with E-state index in [0.717, 1.165) is 19.5 Å². The monoisotopic (exact) mass is 422 g/mol. The smallest absolute Gasteiger partial charge is 0.325 e. The highest BCUT2D eigenvalue weighted by Crippen LogP contribution is 2.36. The molecule has 0 aromatic heterocycles. The van der Waals surface area contributed by atoms with E-state index in [1.807, 2.05) is 6.92 Å². The summed E-state index contributed by atoms with van der Waals surface area (Å²) in [6.07, 6.45) is 19.2. The van der Waals surface area contributed by atoms with Crippen LogP contribution in [0.4, 0.5) is 0 Å². The zero-order valence-corrected chi connectivity index (χ0v) is 19.6. The first kappa shape index (κ1) is 28.1. The standard InChI is InChI=1S/C22H47O5P/c1-4-5-6-7-8-9-10-11-12-13-14-15-16-17-18-21(2)26-19-22(23)20-27-28(3,24)25/h21-23H,4-20H2,1-3H3,(H,24,25)/t21?,22-/m1/s1. The number of aliphatic hydroxyl groups is 1. The molecule has 6 heteroatoms. The molecule has 170 valence electrons. The van der Waals surface area contributed by atoms with Gasteiger partial charge in [-0.15, -0.1) is 0 Å². The Morgan fingerprint density at radius 1 is 0.786 bits per heavy atom. The minimum atomic E-state index is -3.53. The zero-order chi connectivity index (χ0) is 21.1. The fourth-order valence-electron chi connectivity index (χ4n) is 3.26. The molecule has 0 heterocycles. The molecular formula is C22H47O5P. The second-order valence-corrected chi connectivity index (χ2v) is 10.1. The predicted octanol–water partition coefficient (Wildman–Crippen LogP) is 6.46. The summed E-state index contributed by atoms with van der Waals surface area (Å²) < 4.78 is 21.3. The van der Waals surface area contributed by atoms with Crippen molar-refractivity contribution in [3.8, 4) is 0 Å². The zero-order valence-electron chi connectivity index (χ0n) is 18.7. The van der Waals surface area contributed by atoms with Crippen molar-refractivity contribution < 1.29 is 23.8 Å². The van der Waals surface area contributed by atoms with Gasteiger partial charge in [-0.3, -0.25) is 4.57 Å². The lowest BCUT2D eigenvalue weighted by atomic mass is 10.0. The van der Waals surface area contributed by atoms with Crippen LogP contribution in [0.5, 0.6) is 0 Å². The Balaban J connectivity index is 3.30. The third-order valence-electron chi connectivity index (χ3n) is 5.04. The van der Waals surface area contributed by atoms with E-state index in [1.54, 1.807) is 0 Å². The van der Waals surface area contributed by atoms with Gasteiger partial charge in [-0.05, 0) is 13.3 Å². The average molecular weight is 423 g/mol. The molecule has 0 aliphatic carbocycles. The van der Waals surface area contributed by atoms with Crippen molar-refractivity contribution in [2.75, 3.05) is 19.9 Å². The lowest BCUT2D eigenvalue weighted by Gasteiger charge is -2.17. The van der Waals surface area contributed by atoms with Crippen molar-refractivity contribution in [1.29, 1.82) is 0 Å². The first-order valence-electron chi connectivity index (χ1n) is 11.6. The van der Waals surface area contributed by atoms with Crippen LogP contribution in [0, 0.1) is 0 Å². The number of unbranched alkanes of at least 4 members (excludes halogenated alkanes) is 13. The Kier molecular flexibility index (Phi) is 19.1. The molecule has 3 atom stereocenters. The van der Waals surface area contributed by atoms with Gasteiger partial charge in [0.25, 0.3) is 0 Å². The topological polar surface area (TPSA) is 76.0 Å². The summed E-state index contributed by atoms with van der Waals surface area (Å²) in [6.45, 7) is 5.35. The summed E-state index contributed by atoms with van der Waals surface area (Å²) >= 11 is 0. The Morgan fingerprint density at radius 3 is 1.64 bits per heavy atom. The van der Waals surface area contributed by atoms with E-state index in [-0.39, 0.29) is 19.3 Å². The van der Waals surface area contributed by atoms with E-state index in [9.17, 15) is 9.67 Å². The maximum absolute atomic E-state index is 11.0. The van der Waals surface area contributed by atoms with E-state index in [4.69, 9.17) is 14.2 Å². The van der Waals surface area contributed by atoms with Crippen LogP contribution in [-0.4, -0.2) is 42.1 Å². The van der Waals surface area contributed by atoms with Crippen molar-refractivity contribution in [3.05, 3.63) is 0 Å². The summed E-state index contributed by atoms with van der Waals surface area (Å²) in [5, 5.41) is 9.67. The van der Waals surface area contributed by atoms with E-state index in [1.165, 1.54) is 83.5 Å². The number of hydrogen-bond donors (Lipinski definition) is 2. The number of ether oxygens (including phenoxy) is 1. The van der Waals surface area contributed by atoms with Gasteiger partial charge in [0.1, 0.15) is 6.10 Å². The molecule has 5 nitrogen and oxygen atoms in total. The molecule has 0 radical (unpaired) electrons. The van der Waals surface area contributed by atoms with E-state index < -0.39 is 13.7 Å². The second kappa shape index (κ2) is 19.1. The first-order valence-corrected chi connectivity index (χ1v) is 13.6. The average Bonchev–Trinajstić information content (AvgIpc) is 2.64. The van der Waals surface area contributed by atoms with Gasteiger partial charge in [0.15, 0.2) is 0 Å². The minimum Gasteiger partial charge on any atom is -0.388 e. The molecule has 0 amide bonds. The Hall–Kier alpha value is 0.0700. The quantitative estimate of drug-likeness (QED) is 0.164. The number of rotatable bonds is 21. The lowest BCUT2D eigenvalue weighted by Crippen LogP contribution is -2.24. The molecule has 0 fully saturated rings. The summed E-state index contributed by atoms with van der Waals surface area (Å²) in [5.41, 5.74) is 0. The molecule has 0 aromatic carbocycles. The highest BCUT2D eigenvalue weighted by Gasteiger charge is 2.15. The highest BCUT2D eigenvalue weighted by atomic mass is 31.2. The van der Waals surface area contributed by atoms with Crippen molar-refractivity contribution in [1.82, 2.24) is 0 Å². The molecule has 0 aromatic rings. The van der Waals surface area contributed by atoms with Crippen LogP contribution in [0.1, 0.15) is 110 Å². The van der Waals surface area contributed by atoms with Crippen LogP contribution >= 0.6 is 7.60 Å². The van der Waals surface area contributed by atoms with Crippen LogP contribution < -0.4 is 0 Å². The van der Waals surface area contributed by atoms with Crippen LogP contribution in [-0.2, 0) is 13.8 Å². The molecule has 28 heavy (non-hydrogen) atoms. The molecule has 0 aliphatic rings. The van der Waals surface area contributed by atoms with Crippen molar-refractivity contribution in [2.24, 2.45) is 0 Å². The van der Waals surface area contributed by atoms with Gasteiger partial charge in [-0.1, -0.05) is 96.8 Å². The van der Waals surface area contributed by atoms with E-state index in [0.29, 0.717) is 0 Å². The minimum absolute atomic E-state index is 0.0922. The number of aliphatic hydroxyl groups excluding tert-OH is 1. The lowest BCUT2D eigenvalue weighted by molar-refractivity contribution is -0.0224. The molecule has 2 N–H and O–H groups in total. The molecule has 0 saturated carbocycles. The summed E-state index contributed by atoms with van der Waals surface area (Å²) in [7, 11) is -3.53. The Bertz CT molecular complexity index is 372. The molecule has 0 bridgehead atoms. The molecular weight excluding hydrogens is 375 g/mol. The maximum atomic E-state index is 11.0. The fraction of sp³-hybridized carbons (Fsp3) is 1.00. The van der Waals surface area contributed by atoms with Gasteiger partial charge in [0.2, 0.25) is 0 Å². The third kappa shape index (κ3) is 22.4. The van der Waals surface area contributed by atoms with Crippen molar-refractivity contribution >= 4 is 7.60 Å². The van der Waals surface area contributed by atoms with Gasteiger partial charge in [0, 0.05) is 6.66 Å². The normalized spacial score (nSPS) is 16.0. The van der Waals surface area contributed by atoms with Gasteiger partial charge >= 0.3 is 7.60 Å². The Labute approximate surface area is 174 Å². The second-order valence-electron chi connectivity index (χ2n) is 8.28. The van der Waals surface area contributed by atoms with Gasteiger partial charge < -0.3 is 19.3 Å². The SMILES string of the molecule is CCCCCCCCCCCCCCCCC(C)OC[C@@H](O)COP(C)(=O)O. The summed E-state index contributed by atoms with van der Waals surface area (Å²) in [5.74, 6) is 0. The molecule has 2 unspecified atom stereocenters. The van der Waals surface area contributed by atoms with E-state index in [2.05, 4.69) is 6.92 Å². The number of hydrogen-bond acceptors (Lipinski definition) is 4. The molecule has 0 rings (SSSR count).